The summed E-state index contributed by atoms with van der Waals surface area (Å²) in [5.41, 5.74) is 2.90. The molecule has 3 heterocycles. The van der Waals surface area contributed by atoms with E-state index in [1.165, 1.54) is 0 Å². The fourth-order valence-corrected chi connectivity index (χ4v) is 2.29. The molecule has 2 N–H and O–H groups in total. The molecule has 0 saturated carbocycles. The summed E-state index contributed by atoms with van der Waals surface area (Å²) in [6.45, 7) is 5.44. The largest absolute Gasteiger partial charge is 0.364 e. The molecule has 0 aromatic carbocycles. The van der Waals surface area contributed by atoms with Crippen LogP contribution >= 0.6 is 0 Å². The van der Waals surface area contributed by atoms with Gasteiger partial charge in [0.25, 0.3) is 0 Å². The summed E-state index contributed by atoms with van der Waals surface area (Å²) in [6, 6.07) is 13.7. The highest BCUT2D eigenvalue weighted by Crippen LogP contribution is 2.18. The van der Waals surface area contributed by atoms with Crippen LogP contribution in [0.5, 0.6) is 0 Å². The monoisotopic (exact) mass is 334 g/mol. The molecule has 0 saturated heterocycles. The quantitative estimate of drug-likeness (QED) is 0.687. The Morgan fingerprint density at radius 1 is 0.840 bits per heavy atom. The number of pyridine rings is 2. The molecule has 0 amide bonds. The van der Waals surface area contributed by atoms with Gasteiger partial charge in [-0.2, -0.15) is 4.98 Å². The van der Waals surface area contributed by atoms with Gasteiger partial charge in [-0.15, -0.1) is 0 Å². The standard InChI is InChI=1S/C19H22N6/c1-14(2)17-11-18(22-12-15-7-3-5-9-20-15)25-19(24-17)23-13-16-8-4-6-10-21-16/h3-11,14H,12-13H2,1-2H3,(H2,22,23,24,25). The number of rotatable bonds is 7. The molecular formula is C19H22N6. The van der Waals surface area contributed by atoms with Crippen LogP contribution in [0.1, 0.15) is 36.8 Å². The van der Waals surface area contributed by atoms with Gasteiger partial charge in [0.15, 0.2) is 0 Å². The lowest BCUT2D eigenvalue weighted by atomic mass is 10.1. The van der Waals surface area contributed by atoms with Crippen molar-refractivity contribution in [3.8, 4) is 0 Å². The molecule has 0 unspecified atom stereocenters. The normalized spacial score (nSPS) is 10.7. The average Bonchev–Trinajstić information content (AvgIpc) is 2.66. The van der Waals surface area contributed by atoms with Crippen LogP contribution in [0.25, 0.3) is 0 Å². The number of nitrogens with zero attached hydrogens (tertiary/aromatic N) is 4. The molecule has 25 heavy (non-hydrogen) atoms. The van der Waals surface area contributed by atoms with Gasteiger partial charge in [-0.25, -0.2) is 4.98 Å². The zero-order chi connectivity index (χ0) is 17.5. The Kier molecular flexibility index (Phi) is 5.51. The maximum atomic E-state index is 4.60. The molecule has 0 bridgehead atoms. The van der Waals surface area contributed by atoms with Gasteiger partial charge in [-0.05, 0) is 30.2 Å². The van der Waals surface area contributed by atoms with E-state index >= 15 is 0 Å². The van der Waals surface area contributed by atoms with Gasteiger partial charge in [0, 0.05) is 18.5 Å². The molecule has 0 atom stereocenters. The Bertz CT molecular complexity index is 728. The van der Waals surface area contributed by atoms with E-state index in [2.05, 4.69) is 44.4 Å². The van der Waals surface area contributed by atoms with Crippen LogP contribution in [-0.2, 0) is 13.1 Å². The summed E-state index contributed by atoms with van der Waals surface area (Å²) in [6.07, 6.45) is 3.57. The number of hydrogen-bond donors (Lipinski definition) is 2. The van der Waals surface area contributed by atoms with E-state index in [-0.39, 0.29) is 0 Å². The lowest BCUT2D eigenvalue weighted by Gasteiger charge is -2.12. The van der Waals surface area contributed by atoms with Gasteiger partial charge in [0.2, 0.25) is 5.95 Å². The van der Waals surface area contributed by atoms with Crippen LogP contribution in [0.3, 0.4) is 0 Å². The number of nitrogens with one attached hydrogen (secondary N) is 2. The number of anilines is 2. The fourth-order valence-electron chi connectivity index (χ4n) is 2.29. The van der Waals surface area contributed by atoms with Gasteiger partial charge >= 0.3 is 0 Å². The van der Waals surface area contributed by atoms with Gasteiger partial charge in [-0.3, -0.25) is 9.97 Å². The molecule has 3 aromatic heterocycles. The molecule has 6 heteroatoms. The molecule has 0 radical (unpaired) electrons. The highest BCUT2D eigenvalue weighted by molar-refractivity contribution is 5.43. The van der Waals surface area contributed by atoms with Crippen molar-refractivity contribution in [3.63, 3.8) is 0 Å². The van der Waals surface area contributed by atoms with Crippen LogP contribution in [0.4, 0.5) is 11.8 Å². The summed E-state index contributed by atoms with van der Waals surface area (Å²) >= 11 is 0. The molecule has 3 aromatic rings. The second-order valence-corrected chi connectivity index (χ2v) is 6.01. The van der Waals surface area contributed by atoms with Crippen molar-refractivity contribution in [1.82, 2.24) is 19.9 Å². The van der Waals surface area contributed by atoms with Crippen molar-refractivity contribution in [2.45, 2.75) is 32.9 Å². The summed E-state index contributed by atoms with van der Waals surface area (Å²) < 4.78 is 0. The lowest BCUT2D eigenvalue weighted by molar-refractivity contribution is 0.812. The first kappa shape index (κ1) is 16.8. The smallest absolute Gasteiger partial charge is 0.225 e. The third kappa shape index (κ3) is 4.97. The van der Waals surface area contributed by atoms with Crippen molar-refractivity contribution >= 4 is 11.8 Å². The van der Waals surface area contributed by atoms with E-state index < -0.39 is 0 Å². The molecule has 0 fully saturated rings. The van der Waals surface area contributed by atoms with E-state index in [9.17, 15) is 0 Å². The predicted octanol–water partition coefficient (Wildman–Crippen LogP) is 3.61. The zero-order valence-electron chi connectivity index (χ0n) is 14.5. The van der Waals surface area contributed by atoms with Crippen molar-refractivity contribution in [2.24, 2.45) is 0 Å². The molecule has 3 rings (SSSR count). The molecule has 0 spiro atoms. The minimum atomic E-state index is 0.314. The third-order valence-corrected chi connectivity index (χ3v) is 3.67. The van der Waals surface area contributed by atoms with E-state index in [1.54, 1.807) is 12.4 Å². The second kappa shape index (κ2) is 8.19. The van der Waals surface area contributed by atoms with Crippen molar-refractivity contribution in [2.75, 3.05) is 10.6 Å². The summed E-state index contributed by atoms with van der Waals surface area (Å²) in [7, 11) is 0. The highest BCUT2D eigenvalue weighted by Gasteiger charge is 2.08. The minimum absolute atomic E-state index is 0.314. The Morgan fingerprint density at radius 2 is 1.48 bits per heavy atom. The molecule has 0 aliphatic rings. The summed E-state index contributed by atoms with van der Waals surface area (Å²) in [5.74, 6) is 1.70. The summed E-state index contributed by atoms with van der Waals surface area (Å²) in [5, 5.41) is 6.58. The Balaban J connectivity index is 1.72. The molecular weight excluding hydrogens is 312 g/mol. The first-order valence-electron chi connectivity index (χ1n) is 8.37. The van der Waals surface area contributed by atoms with Crippen molar-refractivity contribution in [1.29, 1.82) is 0 Å². The SMILES string of the molecule is CC(C)c1cc(NCc2ccccn2)nc(NCc2ccccn2)n1. The zero-order valence-corrected chi connectivity index (χ0v) is 14.5. The predicted molar refractivity (Wildman–Crippen MR) is 99.2 cm³/mol. The van der Waals surface area contributed by atoms with Gasteiger partial charge in [0.1, 0.15) is 5.82 Å². The van der Waals surface area contributed by atoms with Crippen molar-refractivity contribution < 1.29 is 0 Å². The van der Waals surface area contributed by atoms with Crippen LogP contribution < -0.4 is 10.6 Å². The Hall–Kier alpha value is -3.02. The number of aromatic nitrogens is 4. The maximum absolute atomic E-state index is 4.60. The topological polar surface area (TPSA) is 75.6 Å². The molecule has 6 nitrogen and oxygen atoms in total. The first-order chi connectivity index (χ1) is 12.2. The van der Waals surface area contributed by atoms with Crippen LogP contribution in [-0.4, -0.2) is 19.9 Å². The van der Waals surface area contributed by atoms with Gasteiger partial charge in [0.05, 0.1) is 30.2 Å². The Morgan fingerprint density at radius 3 is 2.04 bits per heavy atom. The van der Waals surface area contributed by atoms with Crippen LogP contribution in [0.2, 0.25) is 0 Å². The highest BCUT2D eigenvalue weighted by atomic mass is 15.1. The molecule has 0 aliphatic carbocycles. The fraction of sp³-hybridized carbons (Fsp3) is 0.263. The van der Waals surface area contributed by atoms with E-state index in [4.69, 9.17) is 0 Å². The minimum Gasteiger partial charge on any atom is -0.364 e. The lowest BCUT2D eigenvalue weighted by Crippen LogP contribution is -2.10. The van der Waals surface area contributed by atoms with Crippen molar-refractivity contribution in [3.05, 3.63) is 71.9 Å². The van der Waals surface area contributed by atoms with Crippen LogP contribution in [0, 0.1) is 0 Å². The van der Waals surface area contributed by atoms with E-state index in [0.717, 1.165) is 22.9 Å². The number of hydrogen-bond acceptors (Lipinski definition) is 6. The van der Waals surface area contributed by atoms with Crippen LogP contribution in [0.15, 0.2) is 54.9 Å². The Labute approximate surface area is 147 Å². The van der Waals surface area contributed by atoms with E-state index in [0.29, 0.717) is 25.0 Å². The van der Waals surface area contributed by atoms with E-state index in [1.807, 2.05) is 42.5 Å². The molecule has 128 valence electrons. The summed E-state index contributed by atoms with van der Waals surface area (Å²) in [4.78, 5) is 17.8. The van der Waals surface area contributed by atoms with Gasteiger partial charge < -0.3 is 10.6 Å². The third-order valence-electron chi connectivity index (χ3n) is 3.67. The maximum Gasteiger partial charge on any atom is 0.225 e. The second-order valence-electron chi connectivity index (χ2n) is 6.01. The van der Waals surface area contributed by atoms with Gasteiger partial charge in [-0.1, -0.05) is 26.0 Å². The first-order valence-corrected chi connectivity index (χ1v) is 8.37. The molecule has 0 aliphatic heterocycles. The average molecular weight is 334 g/mol.